The average molecular weight is 384 g/mol. The van der Waals surface area contributed by atoms with Gasteiger partial charge in [0.15, 0.2) is 0 Å². The smallest absolute Gasteiger partial charge is 0.226 e. The van der Waals surface area contributed by atoms with E-state index < -0.39 is 0 Å². The highest BCUT2D eigenvalue weighted by atomic mass is 16.5. The van der Waals surface area contributed by atoms with Gasteiger partial charge in [-0.25, -0.2) is 0 Å². The summed E-state index contributed by atoms with van der Waals surface area (Å²) in [7, 11) is 3.10. The molecule has 0 atom stereocenters. The second kappa shape index (κ2) is 9.78. The highest BCUT2D eigenvalue weighted by molar-refractivity contribution is 5.96. The normalized spacial score (nSPS) is 10.5. The molecule has 2 aromatic rings. The zero-order valence-electron chi connectivity index (χ0n) is 17.1. The van der Waals surface area contributed by atoms with Crippen LogP contribution < -0.4 is 19.7 Å². The van der Waals surface area contributed by atoms with Crippen LogP contribution in [0.25, 0.3) is 0 Å². The fourth-order valence-electron chi connectivity index (χ4n) is 2.84. The monoisotopic (exact) mass is 384 g/mol. The van der Waals surface area contributed by atoms with Crippen molar-refractivity contribution < 1.29 is 19.1 Å². The van der Waals surface area contributed by atoms with E-state index in [-0.39, 0.29) is 24.8 Å². The highest BCUT2D eigenvalue weighted by Crippen LogP contribution is 2.32. The van der Waals surface area contributed by atoms with E-state index in [0.717, 1.165) is 5.69 Å². The first-order valence-corrected chi connectivity index (χ1v) is 9.25. The molecule has 0 heterocycles. The van der Waals surface area contributed by atoms with Crippen molar-refractivity contribution in [3.63, 3.8) is 0 Å². The summed E-state index contributed by atoms with van der Waals surface area (Å²) in [6.45, 7) is 5.93. The summed E-state index contributed by atoms with van der Waals surface area (Å²) >= 11 is 0. The maximum absolute atomic E-state index is 12.4. The van der Waals surface area contributed by atoms with Gasteiger partial charge < -0.3 is 19.7 Å². The third-order valence-corrected chi connectivity index (χ3v) is 4.48. The molecule has 0 radical (unpaired) electrons. The van der Waals surface area contributed by atoms with Gasteiger partial charge in [-0.3, -0.25) is 9.59 Å². The zero-order chi connectivity index (χ0) is 20.7. The predicted octanol–water partition coefficient (Wildman–Crippen LogP) is 4.21. The summed E-state index contributed by atoms with van der Waals surface area (Å²) < 4.78 is 10.6. The Morgan fingerprint density at radius 1 is 1.04 bits per heavy atom. The zero-order valence-corrected chi connectivity index (χ0v) is 17.1. The number of carbonyl (C=O) groups excluding carboxylic acids is 2. The summed E-state index contributed by atoms with van der Waals surface area (Å²) in [5, 5.41) is 2.87. The van der Waals surface area contributed by atoms with Crippen molar-refractivity contribution in [3.05, 3.63) is 48.0 Å². The lowest BCUT2D eigenvalue weighted by atomic mass is 10.0. The molecule has 0 aliphatic rings. The van der Waals surface area contributed by atoms with E-state index in [1.807, 2.05) is 24.3 Å². The quantitative estimate of drug-likeness (QED) is 0.740. The molecule has 2 amide bonds. The van der Waals surface area contributed by atoms with Gasteiger partial charge in [0, 0.05) is 31.6 Å². The standard InChI is InChI=1S/C22H28N2O4/c1-15(2)17-6-8-18(9-7-17)23-22(26)12-13-24(16(3)25)20-14-19(27-4)10-11-21(20)28-5/h6-11,14-15H,12-13H2,1-5H3,(H,23,26). The van der Waals surface area contributed by atoms with E-state index in [4.69, 9.17) is 9.47 Å². The van der Waals surface area contributed by atoms with E-state index in [1.165, 1.54) is 24.5 Å². The Morgan fingerprint density at radius 2 is 1.71 bits per heavy atom. The molecule has 0 aromatic heterocycles. The Morgan fingerprint density at radius 3 is 2.25 bits per heavy atom. The van der Waals surface area contributed by atoms with Crippen molar-refractivity contribution in [2.45, 2.75) is 33.1 Å². The fourth-order valence-corrected chi connectivity index (χ4v) is 2.84. The van der Waals surface area contributed by atoms with Crippen molar-refractivity contribution in [1.29, 1.82) is 0 Å². The SMILES string of the molecule is COc1ccc(OC)c(N(CCC(=O)Nc2ccc(C(C)C)cc2)C(C)=O)c1. The van der Waals surface area contributed by atoms with Crippen molar-refractivity contribution in [2.24, 2.45) is 0 Å². The first-order valence-electron chi connectivity index (χ1n) is 9.25. The number of nitrogens with one attached hydrogen (secondary N) is 1. The van der Waals surface area contributed by atoms with Crippen LogP contribution in [0.2, 0.25) is 0 Å². The van der Waals surface area contributed by atoms with E-state index in [1.54, 1.807) is 25.3 Å². The molecule has 2 aromatic carbocycles. The highest BCUT2D eigenvalue weighted by Gasteiger charge is 2.18. The number of rotatable bonds is 8. The minimum atomic E-state index is -0.180. The first kappa shape index (κ1) is 21.3. The minimum absolute atomic E-state index is 0.159. The van der Waals surface area contributed by atoms with Gasteiger partial charge in [0.25, 0.3) is 0 Å². The second-order valence-corrected chi connectivity index (χ2v) is 6.78. The molecular weight excluding hydrogens is 356 g/mol. The van der Waals surface area contributed by atoms with Crippen LogP contribution in [-0.2, 0) is 9.59 Å². The Bertz CT molecular complexity index is 816. The lowest BCUT2D eigenvalue weighted by Crippen LogP contribution is -2.32. The molecule has 0 spiro atoms. The summed E-state index contributed by atoms with van der Waals surface area (Å²) in [5.41, 5.74) is 2.53. The predicted molar refractivity (Wildman–Crippen MR) is 111 cm³/mol. The number of amides is 2. The van der Waals surface area contributed by atoms with Gasteiger partial charge in [-0.05, 0) is 35.7 Å². The molecule has 28 heavy (non-hydrogen) atoms. The maximum atomic E-state index is 12.4. The number of hydrogen-bond donors (Lipinski definition) is 1. The molecule has 6 nitrogen and oxygen atoms in total. The van der Waals surface area contributed by atoms with Crippen LogP contribution in [0.1, 0.15) is 38.7 Å². The van der Waals surface area contributed by atoms with Gasteiger partial charge in [-0.1, -0.05) is 26.0 Å². The fraction of sp³-hybridized carbons (Fsp3) is 0.364. The van der Waals surface area contributed by atoms with Crippen LogP contribution in [0.15, 0.2) is 42.5 Å². The van der Waals surface area contributed by atoms with Gasteiger partial charge in [0.05, 0.1) is 19.9 Å². The Balaban J connectivity index is 2.07. The largest absolute Gasteiger partial charge is 0.497 e. The molecule has 1 N–H and O–H groups in total. The van der Waals surface area contributed by atoms with Crippen molar-refractivity contribution >= 4 is 23.2 Å². The van der Waals surface area contributed by atoms with Crippen LogP contribution in [-0.4, -0.2) is 32.6 Å². The topological polar surface area (TPSA) is 67.9 Å². The molecule has 0 bridgehead atoms. The molecule has 0 aliphatic carbocycles. The molecular formula is C22H28N2O4. The third kappa shape index (κ3) is 5.49. The van der Waals surface area contributed by atoms with Gasteiger partial charge >= 0.3 is 0 Å². The Labute approximate surface area is 166 Å². The molecule has 6 heteroatoms. The summed E-state index contributed by atoms with van der Waals surface area (Å²) in [6, 6.07) is 13.0. The molecule has 0 saturated heterocycles. The summed E-state index contributed by atoms with van der Waals surface area (Å²) in [4.78, 5) is 26.1. The molecule has 2 rings (SSSR count). The molecule has 0 saturated carbocycles. The number of benzene rings is 2. The number of nitrogens with zero attached hydrogens (tertiary/aromatic N) is 1. The molecule has 150 valence electrons. The van der Waals surface area contributed by atoms with Crippen molar-refractivity contribution in [2.75, 3.05) is 31.0 Å². The number of ether oxygens (including phenoxy) is 2. The number of methoxy groups -OCH3 is 2. The van der Waals surface area contributed by atoms with Gasteiger partial charge in [0.1, 0.15) is 11.5 Å². The lowest BCUT2D eigenvalue weighted by Gasteiger charge is -2.23. The number of anilines is 2. The van der Waals surface area contributed by atoms with Gasteiger partial charge in [-0.15, -0.1) is 0 Å². The lowest BCUT2D eigenvalue weighted by molar-refractivity contribution is -0.117. The van der Waals surface area contributed by atoms with E-state index >= 15 is 0 Å². The average Bonchev–Trinajstić information content (AvgIpc) is 2.68. The van der Waals surface area contributed by atoms with Crippen LogP contribution in [0.4, 0.5) is 11.4 Å². The minimum Gasteiger partial charge on any atom is -0.497 e. The molecule has 0 aliphatic heterocycles. The van der Waals surface area contributed by atoms with Crippen molar-refractivity contribution in [1.82, 2.24) is 0 Å². The maximum Gasteiger partial charge on any atom is 0.226 e. The van der Waals surface area contributed by atoms with E-state index in [9.17, 15) is 9.59 Å². The van der Waals surface area contributed by atoms with Crippen LogP contribution in [0.5, 0.6) is 11.5 Å². The second-order valence-electron chi connectivity index (χ2n) is 6.78. The Kier molecular flexibility index (Phi) is 7.44. The van der Waals surface area contributed by atoms with E-state index in [0.29, 0.717) is 23.1 Å². The number of hydrogen-bond acceptors (Lipinski definition) is 4. The van der Waals surface area contributed by atoms with E-state index in [2.05, 4.69) is 19.2 Å². The third-order valence-electron chi connectivity index (χ3n) is 4.48. The van der Waals surface area contributed by atoms with Gasteiger partial charge in [0.2, 0.25) is 11.8 Å². The first-order chi connectivity index (χ1) is 13.3. The summed E-state index contributed by atoms with van der Waals surface area (Å²) in [6.07, 6.45) is 0.159. The number of carbonyl (C=O) groups is 2. The van der Waals surface area contributed by atoms with Crippen LogP contribution >= 0.6 is 0 Å². The van der Waals surface area contributed by atoms with Crippen molar-refractivity contribution in [3.8, 4) is 11.5 Å². The molecule has 0 unspecified atom stereocenters. The van der Waals surface area contributed by atoms with Crippen LogP contribution in [0, 0.1) is 0 Å². The summed E-state index contributed by atoms with van der Waals surface area (Å²) in [5.74, 6) is 1.25. The Hall–Kier alpha value is -3.02. The van der Waals surface area contributed by atoms with Gasteiger partial charge in [-0.2, -0.15) is 0 Å². The molecule has 0 fully saturated rings. The van der Waals surface area contributed by atoms with Crippen LogP contribution in [0.3, 0.4) is 0 Å².